The molecule has 1 heterocycles. The van der Waals surface area contributed by atoms with Gasteiger partial charge in [-0.15, -0.1) is 0 Å². The molecule has 2 aromatic carbocycles. The van der Waals surface area contributed by atoms with E-state index in [0.29, 0.717) is 35.2 Å². The Labute approximate surface area is 177 Å². The Morgan fingerprint density at radius 2 is 1.90 bits per heavy atom. The summed E-state index contributed by atoms with van der Waals surface area (Å²) in [5, 5.41) is 9.53. The summed E-state index contributed by atoms with van der Waals surface area (Å²) in [5.74, 6) is 0.831. The molecule has 3 aromatic rings. The Morgan fingerprint density at radius 1 is 1.07 bits per heavy atom. The number of rotatable bonds is 8. The fourth-order valence-electron chi connectivity index (χ4n) is 2.78. The van der Waals surface area contributed by atoms with Gasteiger partial charge in [0.05, 0.1) is 30.7 Å². The lowest BCUT2D eigenvalue weighted by Crippen LogP contribution is -2.09. The van der Waals surface area contributed by atoms with E-state index >= 15 is 0 Å². The molecule has 7 heteroatoms. The van der Waals surface area contributed by atoms with Gasteiger partial charge in [-0.2, -0.15) is 0 Å². The molecule has 0 saturated heterocycles. The number of carboxylic acids is 1. The van der Waals surface area contributed by atoms with Crippen molar-refractivity contribution >= 4 is 21.9 Å². The van der Waals surface area contributed by atoms with Crippen molar-refractivity contribution in [3.05, 3.63) is 70.3 Å². The van der Waals surface area contributed by atoms with Crippen molar-refractivity contribution in [2.24, 2.45) is 0 Å². The number of nitrogens with zero attached hydrogens (tertiary/aromatic N) is 1. The van der Waals surface area contributed by atoms with Crippen LogP contribution in [0, 0.1) is 0 Å². The molecular weight excluding hydrogens is 438 g/mol. The standard InChI is InChI=1S/C22H20BrNO5/c1-3-28-21-12-15(27-2)7-8-17(21)19-10-9-18(22(25)26)20(24-19)13-29-16-6-4-5-14(23)11-16/h4-12H,3,13H2,1-2H3,(H,25,26). The number of aromatic carboxylic acids is 1. The molecule has 6 nitrogen and oxygen atoms in total. The lowest BCUT2D eigenvalue weighted by Gasteiger charge is -2.14. The van der Waals surface area contributed by atoms with Gasteiger partial charge in [0.25, 0.3) is 0 Å². The molecule has 1 N–H and O–H groups in total. The quantitative estimate of drug-likeness (QED) is 0.500. The molecule has 0 unspecified atom stereocenters. The molecule has 3 rings (SSSR count). The van der Waals surface area contributed by atoms with E-state index in [2.05, 4.69) is 20.9 Å². The van der Waals surface area contributed by atoms with E-state index in [0.717, 1.165) is 10.0 Å². The Bertz CT molecular complexity index is 1020. The third kappa shape index (κ3) is 5.06. The minimum atomic E-state index is -1.06. The first kappa shape index (κ1) is 20.7. The van der Waals surface area contributed by atoms with Gasteiger partial charge in [-0.05, 0) is 49.4 Å². The predicted molar refractivity (Wildman–Crippen MR) is 113 cm³/mol. The number of aromatic nitrogens is 1. The summed E-state index contributed by atoms with van der Waals surface area (Å²) >= 11 is 3.39. The summed E-state index contributed by atoms with van der Waals surface area (Å²) in [5.41, 5.74) is 1.76. The number of halogens is 1. The number of pyridine rings is 1. The van der Waals surface area contributed by atoms with Gasteiger partial charge in [0, 0.05) is 16.1 Å². The number of carbonyl (C=O) groups is 1. The predicted octanol–water partition coefficient (Wildman–Crippen LogP) is 5.20. The molecule has 0 spiro atoms. The highest BCUT2D eigenvalue weighted by atomic mass is 79.9. The second-order valence-corrected chi connectivity index (χ2v) is 6.95. The van der Waals surface area contributed by atoms with Crippen LogP contribution in [0.5, 0.6) is 17.2 Å². The zero-order valence-corrected chi connectivity index (χ0v) is 17.6. The van der Waals surface area contributed by atoms with Crippen LogP contribution in [0.1, 0.15) is 23.0 Å². The Balaban J connectivity index is 1.97. The van der Waals surface area contributed by atoms with Gasteiger partial charge in [0.1, 0.15) is 23.9 Å². The van der Waals surface area contributed by atoms with Crippen LogP contribution >= 0.6 is 15.9 Å². The van der Waals surface area contributed by atoms with Gasteiger partial charge in [-0.3, -0.25) is 0 Å². The number of ether oxygens (including phenoxy) is 3. The van der Waals surface area contributed by atoms with Crippen LogP contribution in [0.2, 0.25) is 0 Å². The lowest BCUT2D eigenvalue weighted by atomic mass is 10.1. The summed E-state index contributed by atoms with van der Waals surface area (Å²) in [6, 6.07) is 15.9. The van der Waals surface area contributed by atoms with Crippen molar-refractivity contribution in [2.45, 2.75) is 13.5 Å². The molecule has 0 fully saturated rings. The summed E-state index contributed by atoms with van der Waals surface area (Å²) in [6.45, 7) is 2.39. The van der Waals surface area contributed by atoms with Gasteiger partial charge in [-0.25, -0.2) is 9.78 Å². The number of methoxy groups -OCH3 is 1. The van der Waals surface area contributed by atoms with Crippen molar-refractivity contribution in [3.8, 4) is 28.5 Å². The van der Waals surface area contributed by atoms with Crippen LogP contribution in [0.15, 0.2) is 59.1 Å². The average molecular weight is 458 g/mol. The Hall–Kier alpha value is -3.06. The number of hydrogen-bond donors (Lipinski definition) is 1. The van der Waals surface area contributed by atoms with Gasteiger partial charge >= 0.3 is 5.97 Å². The summed E-state index contributed by atoms with van der Waals surface area (Å²) < 4.78 is 17.6. The van der Waals surface area contributed by atoms with E-state index in [1.807, 2.05) is 31.2 Å². The van der Waals surface area contributed by atoms with E-state index in [4.69, 9.17) is 14.2 Å². The molecule has 0 amide bonds. The molecule has 0 bridgehead atoms. The van der Waals surface area contributed by atoms with Crippen LogP contribution in [0.25, 0.3) is 11.3 Å². The first-order chi connectivity index (χ1) is 14.0. The smallest absolute Gasteiger partial charge is 0.337 e. The molecule has 0 aliphatic heterocycles. The number of carboxylic acid groups (broad SMARTS) is 1. The second-order valence-electron chi connectivity index (χ2n) is 6.04. The Morgan fingerprint density at radius 3 is 2.59 bits per heavy atom. The van der Waals surface area contributed by atoms with E-state index in [1.165, 1.54) is 6.07 Å². The SMILES string of the molecule is CCOc1cc(OC)ccc1-c1ccc(C(=O)O)c(COc2cccc(Br)c2)n1. The minimum Gasteiger partial charge on any atom is -0.497 e. The molecule has 1 aromatic heterocycles. The van der Waals surface area contributed by atoms with E-state index in [1.54, 1.807) is 31.4 Å². The van der Waals surface area contributed by atoms with E-state index < -0.39 is 5.97 Å². The van der Waals surface area contributed by atoms with E-state index in [-0.39, 0.29) is 12.2 Å². The highest BCUT2D eigenvalue weighted by molar-refractivity contribution is 9.10. The summed E-state index contributed by atoms with van der Waals surface area (Å²) in [4.78, 5) is 16.2. The van der Waals surface area contributed by atoms with Crippen LogP contribution < -0.4 is 14.2 Å². The fourth-order valence-corrected chi connectivity index (χ4v) is 3.16. The first-order valence-electron chi connectivity index (χ1n) is 8.94. The average Bonchev–Trinajstić information content (AvgIpc) is 2.72. The summed E-state index contributed by atoms with van der Waals surface area (Å²) in [7, 11) is 1.59. The molecule has 29 heavy (non-hydrogen) atoms. The van der Waals surface area contributed by atoms with Crippen LogP contribution in [-0.2, 0) is 6.61 Å². The van der Waals surface area contributed by atoms with E-state index in [9.17, 15) is 9.90 Å². The highest BCUT2D eigenvalue weighted by Crippen LogP contribution is 2.33. The number of hydrogen-bond acceptors (Lipinski definition) is 5. The largest absolute Gasteiger partial charge is 0.497 e. The van der Waals surface area contributed by atoms with Crippen molar-refractivity contribution in [2.75, 3.05) is 13.7 Å². The second kappa shape index (κ2) is 9.43. The lowest BCUT2D eigenvalue weighted by molar-refractivity contribution is 0.0693. The molecule has 0 saturated carbocycles. The van der Waals surface area contributed by atoms with Crippen molar-refractivity contribution in [3.63, 3.8) is 0 Å². The zero-order valence-electron chi connectivity index (χ0n) is 16.0. The third-order valence-electron chi connectivity index (χ3n) is 4.14. The topological polar surface area (TPSA) is 77.9 Å². The van der Waals surface area contributed by atoms with Crippen molar-refractivity contribution in [1.29, 1.82) is 0 Å². The molecule has 0 radical (unpaired) electrons. The van der Waals surface area contributed by atoms with Crippen molar-refractivity contribution in [1.82, 2.24) is 4.98 Å². The maximum atomic E-state index is 11.6. The highest BCUT2D eigenvalue weighted by Gasteiger charge is 2.16. The normalized spacial score (nSPS) is 10.4. The maximum absolute atomic E-state index is 11.6. The van der Waals surface area contributed by atoms with Gasteiger partial charge in [0.2, 0.25) is 0 Å². The Kier molecular flexibility index (Phi) is 6.72. The van der Waals surface area contributed by atoms with Gasteiger partial charge in [0.15, 0.2) is 0 Å². The molecule has 0 atom stereocenters. The van der Waals surface area contributed by atoms with Gasteiger partial charge in [-0.1, -0.05) is 22.0 Å². The first-order valence-corrected chi connectivity index (χ1v) is 9.74. The maximum Gasteiger partial charge on any atom is 0.337 e. The zero-order chi connectivity index (χ0) is 20.8. The number of benzene rings is 2. The van der Waals surface area contributed by atoms with Crippen molar-refractivity contribution < 1.29 is 24.1 Å². The third-order valence-corrected chi connectivity index (χ3v) is 4.63. The van der Waals surface area contributed by atoms with Gasteiger partial charge < -0.3 is 19.3 Å². The van der Waals surface area contributed by atoms with Crippen LogP contribution in [-0.4, -0.2) is 29.8 Å². The van der Waals surface area contributed by atoms with Crippen LogP contribution in [0.3, 0.4) is 0 Å². The fraction of sp³-hybridized carbons (Fsp3) is 0.182. The molecule has 0 aliphatic rings. The molecule has 0 aliphatic carbocycles. The molecular formula is C22H20BrNO5. The van der Waals surface area contributed by atoms with Crippen LogP contribution in [0.4, 0.5) is 0 Å². The minimum absolute atomic E-state index is 0.0199. The monoisotopic (exact) mass is 457 g/mol. The molecule has 150 valence electrons. The summed E-state index contributed by atoms with van der Waals surface area (Å²) in [6.07, 6.45) is 0.